The van der Waals surface area contributed by atoms with Gasteiger partial charge in [-0.05, 0) is 38.6 Å². The first-order chi connectivity index (χ1) is 8.49. The lowest BCUT2D eigenvalue weighted by Gasteiger charge is -2.33. The molecule has 2 atom stereocenters. The van der Waals surface area contributed by atoms with Gasteiger partial charge in [0.15, 0.2) is 0 Å². The van der Waals surface area contributed by atoms with E-state index in [0.29, 0.717) is 12.5 Å². The fourth-order valence-corrected chi connectivity index (χ4v) is 3.08. The standard InChI is InChI=1S/C14H26N2O2/c1-11(2)14(6-7-15-10-14)12(17)16-9-13(3)5-4-8-18-13/h11,15H,4-10H2,1-3H3,(H,16,17). The van der Waals surface area contributed by atoms with Crippen LogP contribution >= 0.6 is 0 Å². The highest BCUT2D eigenvalue weighted by Crippen LogP contribution is 2.34. The average molecular weight is 254 g/mol. The highest BCUT2D eigenvalue weighted by Gasteiger charge is 2.44. The minimum Gasteiger partial charge on any atom is -0.373 e. The Balaban J connectivity index is 1.94. The Hall–Kier alpha value is -0.610. The van der Waals surface area contributed by atoms with E-state index in [-0.39, 0.29) is 16.9 Å². The molecule has 0 aromatic carbocycles. The zero-order valence-corrected chi connectivity index (χ0v) is 11.8. The summed E-state index contributed by atoms with van der Waals surface area (Å²) >= 11 is 0. The third-order valence-electron chi connectivity index (χ3n) is 4.67. The average Bonchev–Trinajstić information content (AvgIpc) is 2.96. The maximum absolute atomic E-state index is 12.5. The molecule has 2 saturated heterocycles. The summed E-state index contributed by atoms with van der Waals surface area (Å²) in [5.74, 6) is 0.559. The van der Waals surface area contributed by atoms with Gasteiger partial charge >= 0.3 is 0 Å². The van der Waals surface area contributed by atoms with Gasteiger partial charge in [0.2, 0.25) is 5.91 Å². The van der Waals surface area contributed by atoms with Gasteiger partial charge in [0.1, 0.15) is 0 Å². The summed E-state index contributed by atoms with van der Waals surface area (Å²) in [5.41, 5.74) is -0.380. The number of hydrogen-bond acceptors (Lipinski definition) is 3. The van der Waals surface area contributed by atoms with Crippen molar-refractivity contribution in [2.75, 3.05) is 26.2 Å². The first kappa shape index (κ1) is 13.8. The van der Waals surface area contributed by atoms with Crippen molar-refractivity contribution < 1.29 is 9.53 Å². The number of carbonyl (C=O) groups excluding carboxylic acids is 1. The van der Waals surface area contributed by atoms with Crippen LogP contribution < -0.4 is 10.6 Å². The summed E-state index contributed by atoms with van der Waals surface area (Å²) < 4.78 is 5.72. The SMILES string of the molecule is CC(C)C1(C(=O)NCC2(C)CCCO2)CCNC1. The molecule has 2 aliphatic heterocycles. The van der Waals surface area contributed by atoms with E-state index in [1.54, 1.807) is 0 Å². The fourth-order valence-electron chi connectivity index (χ4n) is 3.08. The summed E-state index contributed by atoms with van der Waals surface area (Å²) in [6.07, 6.45) is 3.08. The van der Waals surface area contributed by atoms with Crippen molar-refractivity contribution in [3.05, 3.63) is 0 Å². The van der Waals surface area contributed by atoms with Crippen molar-refractivity contribution in [3.8, 4) is 0 Å². The van der Waals surface area contributed by atoms with Crippen molar-refractivity contribution in [2.24, 2.45) is 11.3 Å². The number of rotatable bonds is 4. The third kappa shape index (κ3) is 2.54. The van der Waals surface area contributed by atoms with E-state index in [1.807, 2.05) is 0 Å². The van der Waals surface area contributed by atoms with E-state index in [0.717, 1.165) is 39.0 Å². The smallest absolute Gasteiger partial charge is 0.227 e. The highest BCUT2D eigenvalue weighted by atomic mass is 16.5. The Kier molecular flexibility index (Phi) is 3.97. The predicted octanol–water partition coefficient (Wildman–Crippen LogP) is 1.31. The lowest BCUT2D eigenvalue weighted by molar-refractivity contribution is -0.133. The van der Waals surface area contributed by atoms with Crippen LogP contribution in [0, 0.1) is 11.3 Å². The van der Waals surface area contributed by atoms with Gasteiger partial charge in [0.25, 0.3) is 0 Å². The summed E-state index contributed by atoms with van der Waals surface area (Å²) in [7, 11) is 0. The Morgan fingerprint density at radius 2 is 2.22 bits per heavy atom. The van der Waals surface area contributed by atoms with Crippen molar-refractivity contribution in [3.63, 3.8) is 0 Å². The van der Waals surface area contributed by atoms with Crippen LogP contribution in [0.3, 0.4) is 0 Å². The zero-order valence-electron chi connectivity index (χ0n) is 11.8. The van der Waals surface area contributed by atoms with E-state index in [2.05, 4.69) is 31.4 Å². The first-order valence-corrected chi connectivity index (χ1v) is 7.12. The summed E-state index contributed by atoms with van der Waals surface area (Å²) in [5, 5.41) is 6.45. The molecule has 104 valence electrons. The van der Waals surface area contributed by atoms with E-state index in [9.17, 15) is 4.79 Å². The van der Waals surface area contributed by atoms with Crippen molar-refractivity contribution >= 4 is 5.91 Å². The first-order valence-electron chi connectivity index (χ1n) is 7.12. The molecule has 2 rings (SSSR count). The second-order valence-corrected chi connectivity index (χ2v) is 6.32. The van der Waals surface area contributed by atoms with Crippen LogP contribution in [-0.4, -0.2) is 37.7 Å². The van der Waals surface area contributed by atoms with Crippen LogP contribution in [0.2, 0.25) is 0 Å². The summed E-state index contributed by atoms with van der Waals surface area (Å²) in [6, 6.07) is 0. The van der Waals surface area contributed by atoms with E-state index >= 15 is 0 Å². The van der Waals surface area contributed by atoms with Gasteiger partial charge in [-0.3, -0.25) is 4.79 Å². The maximum atomic E-state index is 12.5. The van der Waals surface area contributed by atoms with Crippen LogP contribution in [-0.2, 0) is 9.53 Å². The molecule has 2 N–H and O–H groups in total. The van der Waals surface area contributed by atoms with Gasteiger partial charge in [-0.2, -0.15) is 0 Å². The molecule has 0 aromatic heterocycles. The molecule has 0 radical (unpaired) electrons. The largest absolute Gasteiger partial charge is 0.373 e. The van der Waals surface area contributed by atoms with Crippen LogP contribution in [0.1, 0.15) is 40.0 Å². The molecular weight excluding hydrogens is 228 g/mol. The van der Waals surface area contributed by atoms with Crippen LogP contribution in [0.5, 0.6) is 0 Å². The molecule has 4 heteroatoms. The molecule has 0 bridgehead atoms. The molecule has 2 heterocycles. The topological polar surface area (TPSA) is 50.4 Å². The van der Waals surface area contributed by atoms with Crippen molar-refractivity contribution in [1.29, 1.82) is 0 Å². The predicted molar refractivity (Wildman–Crippen MR) is 71.4 cm³/mol. The molecule has 0 spiro atoms. The fraction of sp³-hybridized carbons (Fsp3) is 0.929. The monoisotopic (exact) mass is 254 g/mol. The lowest BCUT2D eigenvalue weighted by Crippen LogP contribution is -2.50. The number of nitrogens with one attached hydrogen (secondary N) is 2. The molecule has 4 nitrogen and oxygen atoms in total. The molecule has 0 saturated carbocycles. The van der Waals surface area contributed by atoms with Crippen LogP contribution in [0.25, 0.3) is 0 Å². The Labute approximate surface area is 110 Å². The van der Waals surface area contributed by atoms with Crippen LogP contribution in [0.4, 0.5) is 0 Å². The Morgan fingerprint density at radius 3 is 2.72 bits per heavy atom. The van der Waals surface area contributed by atoms with Gasteiger partial charge in [0, 0.05) is 19.7 Å². The minimum absolute atomic E-state index is 0.153. The highest BCUT2D eigenvalue weighted by molar-refractivity contribution is 5.83. The molecular formula is C14H26N2O2. The second-order valence-electron chi connectivity index (χ2n) is 6.32. The Bertz CT molecular complexity index is 303. The normalized spacial score (nSPS) is 36.2. The van der Waals surface area contributed by atoms with Gasteiger partial charge < -0.3 is 15.4 Å². The molecule has 18 heavy (non-hydrogen) atoms. The number of carbonyl (C=O) groups is 1. The lowest BCUT2D eigenvalue weighted by atomic mass is 9.75. The summed E-state index contributed by atoms with van der Waals surface area (Å²) in [6.45, 7) is 9.58. The number of amides is 1. The Morgan fingerprint density at radius 1 is 1.44 bits per heavy atom. The van der Waals surface area contributed by atoms with Crippen LogP contribution in [0.15, 0.2) is 0 Å². The van der Waals surface area contributed by atoms with Gasteiger partial charge in [-0.1, -0.05) is 13.8 Å². The van der Waals surface area contributed by atoms with E-state index in [1.165, 1.54) is 0 Å². The van der Waals surface area contributed by atoms with Gasteiger partial charge in [0.05, 0.1) is 11.0 Å². The summed E-state index contributed by atoms with van der Waals surface area (Å²) in [4.78, 5) is 12.5. The van der Waals surface area contributed by atoms with E-state index in [4.69, 9.17) is 4.74 Å². The second kappa shape index (κ2) is 5.17. The van der Waals surface area contributed by atoms with Gasteiger partial charge in [-0.25, -0.2) is 0 Å². The molecule has 0 aromatic rings. The number of hydrogen-bond donors (Lipinski definition) is 2. The molecule has 1 amide bonds. The molecule has 2 aliphatic rings. The zero-order chi connectivity index (χ0) is 13.2. The molecule has 2 fully saturated rings. The van der Waals surface area contributed by atoms with E-state index < -0.39 is 0 Å². The van der Waals surface area contributed by atoms with Gasteiger partial charge in [-0.15, -0.1) is 0 Å². The quantitative estimate of drug-likeness (QED) is 0.795. The van der Waals surface area contributed by atoms with Crippen molar-refractivity contribution in [2.45, 2.75) is 45.6 Å². The maximum Gasteiger partial charge on any atom is 0.227 e. The molecule has 0 aliphatic carbocycles. The number of ether oxygens (including phenoxy) is 1. The molecule has 2 unspecified atom stereocenters. The van der Waals surface area contributed by atoms with Crippen molar-refractivity contribution in [1.82, 2.24) is 10.6 Å². The minimum atomic E-state index is -0.227. The third-order valence-corrected chi connectivity index (χ3v) is 4.67.